The van der Waals surface area contributed by atoms with Gasteiger partial charge in [-0.2, -0.15) is 0 Å². The molecule has 0 saturated heterocycles. The van der Waals surface area contributed by atoms with Crippen molar-refractivity contribution in [3.8, 4) is 0 Å². The summed E-state index contributed by atoms with van der Waals surface area (Å²) in [6, 6.07) is 0.489. The van der Waals surface area contributed by atoms with E-state index in [1.165, 1.54) is 4.35 Å². The zero-order valence-corrected chi connectivity index (χ0v) is 13.3. The molecule has 0 amide bonds. The van der Waals surface area contributed by atoms with Gasteiger partial charge in [0, 0.05) is 0 Å². The second-order valence-electron chi connectivity index (χ2n) is 4.64. The van der Waals surface area contributed by atoms with Crippen LogP contribution in [0.2, 0.25) is 0 Å². The van der Waals surface area contributed by atoms with Gasteiger partial charge in [0.05, 0.1) is 0 Å². The summed E-state index contributed by atoms with van der Waals surface area (Å²) in [6.45, 7) is 9.97. The Balaban J connectivity index is -0.000000845. The van der Waals surface area contributed by atoms with Crippen molar-refractivity contribution in [1.29, 1.82) is 0 Å². The third kappa shape index (κ3) is 9.84. The minimum atomic E-state index is 0. The summed E-state index contributed by atoms with van der Waals surface area (Å²) in [5.41, 5.74) is 0.283. The first-order valence-electron chi connectivity index (χ1n) is 4.81. The summed E-state index contributed by atoms with van der Waals surface area (Å²) >= 11 is 4.34. The van der Waals surface area contributed by atoms with E-state index < -0.39 is 0 Å². The van der Waals surface area contributed by atoms with Gasteiger partial charge < -0.3 is 11.0 Å². The Labute approximate surface area is 113 Å². The molecule has 0 aliphatic carbocycles. The number of hydrogen-bond acceptors (Lipinski definition) is 3. The van der Waals surface area contributed by atoms with Gasteiger partial charge >= 0.3 is 102 Å². The summed E-state index contributed by atoms with van der Waals surface area (Å²) in [4.78, 5) is 0. The average Bonchev–Trinajstić information content (AvgIpc) is 2.00. The van der Waals surface area contributed by atoms with Gasteiger partial charge in [-0.1, -0.05) is 0 Å². The molecule has 16 heavy (non-hydrogen) atoms. The minimum absolute atomic E-state index is 0. The van der Waals surface area contributed by atoms with Crippen LogP contribution in [0.25, 0.3) is 0 Å². The van der Waals surface area contributed by atoms with Crippen molar-refractivity contribution in [2.45, 2.75) is 33.7 Å². The van der Waals surface area contributed by atoms with Crippen LogP contribution in [0.1, 0.15) is 27.7 Å². The van der Waals surface area contributed by atoms with Crippen LogP contribution in [0.5, 0.6) is 0 Å². The van der Waals surface area contributed by atoms with Crippen molar-refractivity contribution in [2.24, 2.45) is 5.41 Å². The first-order valence-corrected chi connectivity index (χ1v) is 6.69. The molecule has 0 heterocycles. The van der Waals surface area contributed by atoms with Crippen molar-refractivity contribution in [3.05, 3.63) is 0 Å². The molecule has 5 N–H and O–H groups in total. The first-order chi connectivity index (χ1) is 6.27. The zero-order chi connectivity index (χ0) is 11.4. The van der Waals surface area contributed by atoms with Crippen LogP contribution in [0, 0.1) is 5.41 Å². The Bertz CT molecular complexity index is 198. The molecule has 0 spiro atoms. The second kappa shape index (κ2) is 9.65. The van der Waals surface area contributed by atoms with E-state index >= 15 is 0 Å². The molecule has 0 fully saturated rings. The molecule has 4 nitrogen and oxygen atoms in total. The molecule has 0 rings (SSSR count). The summed E-state index contributed by atoms with van der Waals surface area (Å²) in [6.07, 6.45) is 2.11. The topological polar surface area (TPSA) is 78.3 Å². The van der Waals surface area contributed by atoms with Gasteiger partial charge in [-0.25, -0.2) is 0 Å². The van der Waals surface area contributed by atoms with E-state index in [1.54, 1.807) is 11.9 Å². The van der Waals surface area contributed by atoms with E-state index in [1.807, 2.05) is 0 Å². The Morgan fingerprint density at radius 3 is 2.06 bits per heavy atom. The molecule has 6 heteroatoms. The molecule has 0 aromatic carbocycles. The van der Waals surface area contributed by atoms with Gasteiger partial charge in [-0.05, 0) is 0 Å². The van der Waals surface area contributed by atoms with Crippen molar-refractivity contribution in [3.63, 3.8) is 0 Å². The fourth-order valence-electron chi connectivity index (χ4n) is 1.12. The average molecular weight is 289 g/mol. The molecule has 0 aliphatic rings. The number of hydrogen-bond donors (Lipinski definition) is 1. The molecule has 1 atom stereocenters. The van der Waals surface area contributed by atoms with Crippen LogP contribution in [0.4, 0.5) is 0 Å². The third-order valence-corrected chi connectivity index (χ3v) is 3.15. The standard InChI is InChI=1S/C10H22N2S.2H2O.V/c1-7-11-9(10(2,3)4)8-12(5)13-6;;;/h9,11H,8H2,1-6H3;2*1H2;/t9-;;;/m1.../s1. The van der Waals surface area contributed by atoms with Gasteiger partial charge in [-0.3, -0.25) is 0 Å². The van der Waals surface area contributed by atoms with Crippen LogP contribution in [0.15, 0.2) is 0 Å². The predicted molar refractivity (Wildman–Crippen MR) is 70.4 cm³/mol. The van der Waals surface area contributed by atoms with Crippen LogP contribution in [-0.2, 0) is 17.0 Å². The Morgan fingerprint density at radius 1 is 1.38 bits per heavy atom. The molecular weight excluding hydrogens is 263 g/mol. The van der Waals surface area contributed by atoms with Gasteiger partial charge in [-0.15, -0.1) is 0 Å². The Kier molecular flexibility index (Phi) is 13.2. The van der Waals surface area contributed by atoms with Crippen LogP contribution in [0.3, 0.4) is 0 Å². The van der Waals surface area contributed by atoms with E-state index in [9.17, 15) is 0 Å². The van der Waals surface area contributed by atoms with E-state index in [-0.39, 0.29) is 16.4 Å². The monoisotopic (exact) mass is 289 g/mol. The van der Waals surface area contributed by atoms with E-state index in [0.29, 0.717) is 6.04 Å². The van der Waals surface area contributed by atoms with Gasteiger partial charge in [0.25, 0.3) is 0 Å². The van der Waals surface area contributed by atoms with Crippen molar-refractivity contribution >= 4 is 16.3 Å². The molecule has 0 unspecified atom stereocenters. The molecular formula is C10H26N2O2SV. The van der Waals surface area contributed by atoms with E-state index in [2.05, 4.69) is 67.6 Å². The second-order valence-corrected chi connectivity index (χ2v) is 6.68. The maximum absolute atomic E-state index is 3.52. The van der Waals surface area contributed by atoms with Gasteiger partial charge in [0.2, 0.25) is 0 Å². The maximum atomic E-state index is 3.52. The van der Waals surface area contributed by atoms with Gasteiger partial charge in [0.15, 0.2) is 0 Å². The number of nitrogens with one attached hydrogen (secondary N) is 1. The van der Waals surface area contributed by atoms with Crippen molar-refractivity contribution in [2.75, 3.05) is 19.8 Å². The number of rotatable bonds is 5. The quantitative estimate of drug-likeness (QED) is 0.737. The fourth-order valence-corrected chi connectivity index (χ4v) is 1.66. The maximum Gasteiger partial charge on any atom is -0.412 e. The molecule has 99 valence electrons. The fraction of sp³-hybridized carbons (Fsp3) is 0.900. The van der Waals surface area contributed by atoms with Crippen LogP contribution in [-0.4, -0.2) is 45.5 Å². The first kappa shape index (κ1) is 21.9. The largest absolute Gasteiger partial charge is 0.412 e. The summed E-state index contributed by atoms with van der Waals surface area (Å²) in [5.74, 6) is 0. The van der Waals surface area contributed by atoms with E-state index in [4.69, 9.17) is 0 Å². The van der Waals surface area contributed by atoms with Crippen molar-refractivity contribution in [1.82, 2.24) is 9.62 Å². The van der Waals surface area contributed by atoms with Gasteiger partial charge in [0.1, 0.15) is 0 Å². The SMILES string of the molecule is CSN(C)C[C@@H](N[C](C)=[V])C(C)(C)C.O.O. The molecule has 0 aromatic heterocycles. The summed E-state index contributed by atoms with van der Waals surface area (Å²) < 4.78 is 3.49. The van der Waals surface area contributed by atoms with Crippen LogP contribution >= 0.6 is 11.9 Å². The normalized spacial score (nSPS) is 12.6. The molecule has 0 radical (unpaired) electrons. The molecule has 0 aliphatic heterocycles. The minimum Gasteiger partial charge on any atom is -0.412 e. The van der Waals surface area contributed by atoms with Crippen molar-refractivity contribution < 1.29 is 27.9 Å². The Hall–Kier alpha value is 0.644. The zero-order valence-electron chi connectivity index (χ0n) is 11.1. The van der Waals surface area contributed by atoms with Crippen LogP contribution < -0.4 is 5.32 Å². The number of nitrogens with zero attached hydrogens (tertiary/aromatic N) is 1. The smallest absolute Gasteiger partial charge is 0.412 e. The molecule has 0 aromatic rings. The number of likely N-dealkylation sites (N-methyl/N-ethyl adjacent to an activating group) is 1. The Morgan fingerprint density at radius 2 is 1.81 bits per heavy atom. The predicted octanol–water partition coefficient (Wildman–Crippen LogP) is 0.248. The molecule has 0 bridgehead atoms. The van der Waals surface area contributed by atoms with E-state index in [0.717, 1.165) is 6.54 Å². The summed E-state index contributed by atoms with van der Waals surface area (Å²) in [5, 5.41) is 3.52. The molecule has 0 saturated carbocycles. The summed E-state index contributed by atoms with van der Waals surface area (Å²) in [7, 11) is 2.13. The third-order valence-electron chi connectivity index (χ3n) is 2.18.